The third-order valence-electron chi connectivity index (χ3n) is 5.37. The minimum atomic E-state index is -0.665. The molecule has 0 amide bonds. The van der Waals surface area contributed by atoms with Crippen LogP contribution in [-0.2, 0) is 10.3 Å². The van der Waals surface area contributed by atoms with Crippen molar-refractivity contribution in [1.82, 2.24) is 0 Å². The lowest BCUT2D eigenvalue weighted by molar-refractivity contribution is -0.00294. The number of carbonyl (C=O) groups excluding carboxylic acids is 1. The van der Waals surface area contributed by atoms with Crippen molar-refractivity contribution in [3.8, 4) is 4.90 Å². The van der Waals surface area contributed by atoms with Gasteiger partial charge in [-0.2, -0.15) is 11.3 Å². The van der Waals surface area contributed by atoms with Gasteiger partial charge < -0.3 is 4.74 Å². The second-order valence-corrected chi connectivity index (χ2v) is 10.5. The number of carbonyl (C=O) groups is 1. The van der Waals surface area contributed by atoms with Crippen molar-refractivity contribution in [3.63, 3.8) is 0 Å². The Hall–Kier alpha value is -2.95. The monoisotopic (exact) mass is 429 g/mol. The van der Waals surface area contributed by atoms with E-state index in [0.717, 1.165) is 10.5 Å². The zero-order chi connectivity index (χ0) is 20.7. The van der Waals surface area contributed by atoms with E-state index in [1.807, 2.05) is 48.9 Å². The summed E-state index contributed by atoms with van der Waals surface area (Å²) in [5, 5.41) is 6.59. The van der Waals surface area contributed by atoms with Crippen LogP contribution in [-0.4, -0.2) is 5.97 Å². The van der Waals surface area contributed by atoms with Crippen LogP contribution in [0.25, 0.3) is 25.1 Å². The summed E-state index contributed by atoms with van der Waals surface area (Å²) in [5.41, 5.74) is 0.935. The van der Waals surface area contributed by atoms with Gasteiger partial charge in [-0.05, 0) is 67.1 Å². The maximum absolute atomic E-state index is 13.0. The lowest BCUT2D eigenvalue weighted by Gasteiger charge is -2.24. The number of esters is 1. The highest BCUT2D eigenvalue weighted by Crippen LogP contribution is 2.48. The van der Waals surface area contributed by atoms with Crippen molar-refractivity contribution in [2.24, 2.45) is 0 Å². The summed E-state index contributed by atoms with van der Waals surface area (Å²) in [5.74, 6) is -0.294. The van der Waals surface area contributed by atoms with Crippen LogP contribution >= 0.6 is 21.8 Å². The molecule has 0 aliphatic carbocycles. The average Bonchev–Trinajstić information content (AvgIpc) is 3.41. The second-order valence-electron chi connectivity index (χ2n) is 7.74. The van der Waals surface area contributed by atoms with Gasteiger partial charge >= 0.3 is 5.97 Å². The molecule has 0 aliphatic rings. The molecular formula is C26H21O2S2+. The van der Waals surface area contributed by atoms with E-state index in [1.165, 1.54) is 20.2 Å². The van der Waals surface area contributed by atoms with Crippen molar-refractivity contribution in [1.29, 1.82) is 0 Å². The molecule has 4 heteroatoms. The third-order valence-corrected chi connectivity index (χ3v) is 8.37. The Morgan fingerprint density at radius 3 is 2.17 bits per heavy atom. The molecule has 3 aromatic carbocycles. The van der Waals surface area contributed by atoms with Crippen molar-refractivity contribution in [2.45, 2.75) is 19.4 Å². The lowest BCUT2D eigenvalue weighted by atomic mass is 10.0. The highest BCUT2D eigenvalue weighted by atomic mass is 32.2. The first-order chi connectivity index (χ1) is 14.5. The first-order valence-corrected chi connectivity index (χ1v) is 12.0. The van der Waals surface area contributed by atoms with E-state index in [1.54, 1.807) is 11.3 Å². The summed E-state index contributed by atoms with van der Waals surface area (Å²) >= 11 is 1.61. The van der Waals surface area contributed by atoms with Gasteiger partial charge in [0.05, 0.1) is 5.56 Å². The van der Waals surface area contributed by atoms with Gasteiger partial charge in [0, 0.05) is 32.9 Å². The third kappa shape index (κ3) is 3.22. The zero-order valence-electron chi connectivity index (χ0n) is 16.8. The molecular weight excluding hydrogens is 408 g/mol. The predicted molar refractivity (Wildman–Crippen MR) is 128 cm³/mol. The number of thiophene rings is 2. The summed E-state index contributed by atoms with van der Waals surface area (Å²) in [7, 11) is -0.226. The van der Waals surface area contributed by atoms with Gasteiger partial charge in [-0.25, -0.2) is 4.79 Å². The Kier molecular flexibility index (Phi) is 4.69. The summed E-state index contributed by atoms with van der Waals surface area (Å²) < 4.78 is 8.51. The fraction of sp³-hybridized carbons (Fsp3) is 0.115. The number of rotatable bonds is 4. The first-order valence-electron chi connectivity index (χ1n) is 9.83. The summed E-state index contributed by atoms with van der Waals surface area (Å²) in [6.07, 6.45) is 0. The Morgan fingerprint density at radius 1 is 0.867 bits per heavy atom. The van der Waals surface area contributed by atoms with Crippen molar-refractivity contribution in [3.05, 3.63) is 101 Å². The van der Waals surface area contributed by atoms with Crippen LogP contribution in [0.2, 0.25) is 0 Å². The Bertz CT molecular complexity index is 1310. The lowest BCUT2D eigenvalue weighted by Crippen LogP contribution is -2.25. The van der Waals surface area contributed by atoms with Crippen LogP contribution in [0.5, 0.6) is 0 Å². The molecule has 0 aliphatic heterocycles. The molecule has 0 saturated heterocycles. The van der Waals surface area contributed by atoms with Crippen LogP contribution in [0.4, 0.5) is 0 Å². The predicted octanol–water partition coefficient (Wildman–Crippen LogP) is 7.88. The van der Waals surface area contributed by atoms with Crippen molar-refractivity contribution in [2.75, 3.05) is 0 Å². The fourth-order valence-electron chi connectivity index (χ4n) is 3.81. The Morgan fingerprint density at radius 2 is 1.53 bits per heavy atom. The minimum absolute atomic E-state index is 0.226. The minimum Gasteiger partial charge on any atom is -0.451 e. The van der Waals surface area contributed by atoms with E-state index in [-0.39, 0.29) is 16.4 Å². The largest absolute Gasteiger partial charge is 0.451 e. The van der Waals surface area contributed by atoms with Gasteiger partial charge in [0.25, 0.3) is 0 Å². The van der Waals surface area contributed by atoms with E-state index in [0.29, 0.717) is 5.56 Å². The summed E-state index contributed by atoms with van der Waals surface area (Å²) in [6.45, 7) is 3.87. The molecule has 0 unspecified atom stereocenters. The highest BCUT2D eigenvalue weighted by Gasteiger charge is 2.28. The molecule has 2 heterocycles. The van der Waals surface area contributed by atoms with Crippen LogP contribution in [0.3, 0.4) is 0 Å². The van der Waals surface area contributed by atoms with Crippen LogP contribution in [0.15, 0.2) is 89.6 Å². The number of benzene rings is 3. The van der Waals surface area contributed by atoms with Crippen LogP contribution in [0.1, 0.15) is 29.8 Å². The average molecular weight is 430 g/mol. The van der Waals surface area contributed by atoms with Crippen LogP contribution in [0, 0.1) is 0 Å². The van der Waals surface area contributed by atoms with E-state index in [9.17, 15) is 4.79 Å². The maximum atomic E-state index is 13.0. The summed E-state index contributed by atoms with van der Waals surface area (Å²) in [4.78, 5) is 14.1. The molecule has 0 spiro atoms. The molecule has 5 aromatic rings. The molecule has 5 rings (SSSR count). The molecule has 0 N–H and O–H groups in total. The fourth-order valence-corrected chi connectivity index (χ4v) is 7.06. The first kappa shape index (κ1) is 19.0. The normalized spacial score (nSPS) is 11.8. The standard InChI is InChI=1S/C26H21O2S2/c1-26(2,19-14-15-29-17-19)28-25(27)18-8-7-9-20(16-18)30-23-12-5-3-10-21(23)22-11-4-6-13-24(22)30/h3-17H,1-2H3/q+1. The topological polar surface area (TPSA) is 26.3 Å². The Balaban J connectivity index is 1.58. The number of ether oxygens (including phenoxy) is 1. The second kappa shape index (κ2) is 7.38. The van der Waals surface area contributed by atoms with Gasteiger partial charge in [-0.15, -0.1) is 0 Å². The van der Waals surface area contributed by atoms with E-state index in [4.69, 9.17) is 4.74 Å². The van der Waals surface area contributed by atoms with Crippen molar-refractivity contribution < 1.29 is 9.53 Å². The molecule has 2 aromatic heterocycles. The molecule has 30 heavy (non-hydrogen) atoms. The molecule has 0 atom stereocenters. The number of fused-ring (bicyclic) bond motifs is 3. The van der Waals surface area contributed by atoms with Gasteiger partial charge in [0.15, 0.2) is 14.3 Å². The SMILES string of the molecule is CC(C)(OC(=O)c1cccc(-[s+]2c3ccccc3c3ccccc32)c1)c1ccsc1. The molecule has 0 radical (unpaired) electrons. The smallest absolute Gasteiger partial charge is 0.339 e. The molecule has 148 valence electrons. The van der Waals surface area contributed by atoms with Gasteiger partial charge in [-0.1, -0.05) is 30.3 Å². The Labute approximate surface area is 182 Å². The van der Waals surface area contributed by atoms with Gasteiger partial charge in [0.2, 0.25) is 0 Å². The number of hydrogen-bond donors (Lipinski definition) is 0. The molecule has 0 saturated carbocycles. The number of hydrogen-bond acceptors (Lipinski definition) is 3. The molecule has 2 nitrogen and oxygen atoms in total. The molecule has 0 bridgehead atoms. The summed E-state index contributed by atoms with van der Waals surface area (Å²) in [6, 6.07) is 27.0. The van der Waals surface area contributed by atoms with E-state index < -0.39 is 5.60 Å². The van der Waals surface area contributed by atoms with Crippen LogP contribution < -0.4 is 0 Å². The maximum Gasteiger partial charge on any atom is 0.339 e. The quantitative estimate of drug-likeness (QED) is 0.214. The van der Waals surface area contributed by atoms with Gasteiger partial charge in [-0.3, -0.25) is 0 Å². The van der Waals surface area contributed by atoms with Crippen molar-refractivity contribution >= 4 is 47.9 Å². The van der Waals surface area contributed by atoms with E-state index in [2.05, 4.69) is 54.6 Å². The van der Waals surface area contributed by atoms with Gasteiger partial charge in [0.1, 0.15) is 5.60 Å². The molecule has 0 fully saturated rings. The van der Waals surface area contributed by atoms with E-state index >= 15 is 0 Å². The highest BCUT2D eigenvalue weighted by molar-refractivity contribution is 7.50. The zero-order valence-corrected chi connectivity index (χ0v) is 18.4.